The van der Waals surface area contributed by atoms with Gasteiger partial charge in [-0.05, 0) is 30.5 Å². The summed E-state index contributed by atoms with van der Waals surface area (Å²) in [6.45, 7) is 4.67. The minimum atomic E-state index is -0.576. The molecule has 106 valence electrons. The van der Waals surface area contributed by atoms with Gasteiger partial charge in [-0.15, -0.1) is 0 Å². The molecule has 0 amide bonds. The number of aliphatic imine (C=N–C) groups is 1. The lowest BCUT2D eigenvalue weighted by molar-refractivity contribution is 0.214. The monoisotopic (exact) mass is 272 g/mol. The van der Waals surface area contributed by atoms with E-state index in [0.717, 1.165) is 23.3 Å². The minimum absolute atomic E-state index is 0.203. The van der Waals surface area contributed by atoms with Crippen molar-refractivity contribution < 1.29 is 9.84 Å². The van der Waals surface area contributed by atoms with Crippen LogP contribution in [0.15, 0.2) is 34.8 Å². The Morgan fingerprint density at radius 2 is 1.95 bits per heavy atom. The van der Waals surface area contributed by atoms with Crippen LogP contribution in [0, 0.1) is 5.41 Å². The van der Waals surface area contributed by atoms with Gasteiger partial charge in [0, 0.05) is 17.4 Å². The maximum absolute atomic E-state index is 10.0. The molecule has 1 heterocycles. The van der Waals surface area contributed by atoms with E-state index in [-0.39, 0.29) is 5.84 Å². The van der Waals surface area contributed by atoms with Crippen LogP contribution >= 0.6 is 0 Å². The molecule has 4 nitrogen and oxygen atoms in total. The van der Waals surface area contributed by atoms with Gasteiger partial charge in [-0.1, -0.05) is 26.0 Å². The standard InChI is InChI=1S/C16H20N2O2/c1-3-9-20-12-7-5-11(6-8-12)15-13(14(19)4-2)10-18-16(15)17/h5-8,10,14,17,19H,3-4,9H2,1-2H3. The molecular weight excluding hydrogens is 252 g/mol. The number of nitrogens with one attached hydrogen (secondary N) is 1. The number of benzene rings is 1. The van der Waals surface area contributed by atoms with Crippen LogP contribution in [-0.2, 0) is 0 Å². The highest BCUT2D eigenvalue weighted by Crippen LogP contribution is 2.28. The highest BCUT2D eigenvalue weighted by Gasteiger charge is 2.22. The van der Waals surface area contributed by atoms with Crippen molar-refractivity contribution in [3.05, 3.63) is 35.4 Å². The Labute approximate surface area is 119 Å². The molecule has 0 radical (unpaired) electrons. The van der Waals surface area contributed by atoms with Crippen LogP contribution in [0.2, 0.25) is 0 Å². The van der Waals surface area contributed by atoms with E-state index in [1.54, 1.807) is 6.21 Å². The van der Waals surface area contributed by atoms with E-state index >= 15 is 0 Å². The Hall–Kier alpha value is -1.94. The fraction of sp³-hybridized carbons (Fsp3) is 0.375. The van der Waals surface area contributed by atoms with Crippen LogP contribution < -0.4 is 4.74 Å². The van der Waals surface area contributed by atoms with E-state index in [9.17, 15) is 5.11 Å². The summed E-state index contributed by atoms with van der Waals surface area (Å²) in [7, 11) is 0. The lowest BCUT2D eigenvalue weighted by atomic mass is 9.97. The number of hydrogen-bond acceptors (Lipinski definition) is 3. The zero-order valence-electron chi connectivity index (χ0n) is 11.9. The van der Waals surface area contributed by atoms with Crippen molar-refractivity contribution in [2.24, 2.45) is 4.99 Å². The quantitative estimate of drug-likeness (QED) is 0.835. The van der Waals surface area contributed by atoms with Gasteiger partial charge in [0.15, 0.2) is 5.84 Å². The molecule has 20 heavy (non-hydrogen) atoms. The third kappa shape index (κ3) is 2.96. The molecule has 1 unspecified atom stereocenters. The normalized spacial score (nSPS) is 15.8. The molecule has 1 aliphatic rings. The summed E-state index contributed by atoms with van der Waals surface area (Å²) >= 11 is 0. The topological polar surface area (TPSA) is 65.7 Å². The number of aliphatic hydroxyl groups excluding tert-OH is 1. The number of ether oxygens (including phenoxy) is 1. The zero-order valence-corrected chi connectivity index (χ0v) is 11.9. The summed E-state index contributed by atoms with van der Waals surface area (Å²) in [5, 5.41) is 17.9. The summed E-state index contributed by atoms with van der Waals surface area (Å²) in [6, 6.07) is 7.59. The SMILES string of the molecule is CCCOc1ccc(C2=C(C(O)CC)C=NC2=N)cc1. The Morgan fingerprint density at radius 3 is 2.55 bits per heavy atom. The second-order valence-corrected chi connectivity index (χ2v) is 4.73. The van der Waals surface area contributed by atoms with Crippen LogP contribution in [0.4, 0.5) is 0 Å². The molecule has 2 N–H and O–H groups in total. The first-order chi connectivity index (χ1) is 9.67. The molecule has 2 rings (SSSR count). The number of nitrogens with zero attached hydrogens (tertiary/aromatic N) is 1. The molecule has 1 aromatic carbocycles. The molecule has 0 fully saturated rings. The number of rotatable bonds is 6. The highest BCUT2D eigenvalue weighted by atomic mass is 16.5. The van der Waals surface area contributed by atoms with Gasteiger partial charge in [-0.25, -0.2) is 4.99 Å². The van der Waals surface area contributed by atoms with Crippen molar-refractivity contribution >= 4 is 17.6 Å². The molecule has 0 saturated heterocycles. The Bertz CT molecular complexity index is 544. The zero-order chi connectivity index (χ0) is 14.5. The first-order valence-electron chi connectivity index (χ1n) is 6.95. The Morgan fingerprint density at radius 1 is 1.25 bits per heavy atom. The molecule has 0 spiro atoms. The van der Waals surface area contributed by atoms with Gasteiger partial charge >= 0.3 is 0 Å². The predicted molar refractivity (Wildman–Crippen MR) is 81.7 cm³/mol. The molecular formula is C16H20N2O2. The van der Waals surface area contributed by atoms with Gasteiger partial charge in [-0.2, -0.15) is 0 Å². The Balaban J connectivity index is 2.27. The molecule has 1 aliphatic heterocycles. The summed E-state index contributed by atoms with van der Waals surface area (Å²) in [5.74, 6) is 1.02. The number of aliphatic hydroxyl groups is 1. The fourth-order valence-corrected chi connectivity index (χ4v) is 2.11. The van der Waals surface area contributed by atoms with Gasteiger partial charge in [-0.3, -0.25) is 5.41 Å². The van der Waals surface area contributed by atoms with Gasteiger partial charge < -0.3 is 9.84 Å². The van der Waals surface area contributed by atoms with Gasteiger partial charge in [0.25, 0.3) is 0 Å². The van der Waals surface area contributed by atoms with Crippen molar-refractivity contribution in [3.8, 4) is 5.75 Å². The van der Waals surface area contributed by atoms with Crippen LogP contribution in [0.25, 0.3) is 5.57 Å². The van der Waals surface area contributed by atoms with Crippen LogP contribution in [0.1, 0.15) is 32.3 Å². The van der Waals surface area contributed by atoms with Crippen molar-refractivity contribution in [2.75, 3.05) is 6.61 Å². The lowest BCUT2D eigenvalue weighted by Gasteiger charge is -2.12. The summed E-state index contributed by atoms with van der Waals surface area (Å²) in [5.41, 5.74) is 2.32. The molecule has 0 aliphatic carbocycles. The van der Waals surface area contributed by atoms with Crippen molar-refractivity contribution in [1.82, 2.24) is 0 Å². The fourth-order valence-electron chi connectivity index (χ4n) is 2.11. The minimum Gasteiger partial charge on any atom is -0.494 e. The van der Waals surface area contributed by atoms with Crippen molar-refractivity contribution in [2.45, 2.75) is 32.8 Å². The maximum atomic E-state index is 10.0. The largest absolute Gasteiger partial charge is 0.494 e. The van der Waals surface area contributed by atoms with E-state index in [4.69, 9.17) is 10.1 Å². The van der Waals surface area contributed by atoms with Crippen LogP contribution in [0.5, 0.6) is 5.75 Å². The molecule has 0 aromatic heterocycles. The lowest BCUT2D eigenvalue weighted by Crippen LogP contribution is -2.11. The average Bonchev–Trinajstić information content (AvgIpc) is 2.86. The number of amidine groups is 1. The third-order valence-corrected chi connectivity index (χ3v) is 3.22. The van der Waals surface area contributed by atoms with Crippen molar-refractivity contribution in [1.29, 1.82) is 5.41 Å². The second-order valence-electron chi connectivity index (χ2n) is 4.73. The van der Waals surface area contributed by atoms with E-state index in [1.165, 1.54) is 0 Å². The molecule has 4 heteroatoms. The van der Waals surface area contributed by atoms with E-state index in [0.29, 0.717) is 18.6 Å². The average molecular weight is 272 g/mol. The van der Waals surface area contributed by atoms with E-state index < -0.39 is 6.10 Å². The van der Waals surface area contributed by atoms with E-state index in [1.807, 2.05) is 31.2 Å². The second kappa shape index (κ2) is 6.48. The van der Waals surface area contributed by atoms with Gasteiger partial charge in [0.05, 0.1) is 12.7 Å². The molecule has 1 aromatic rings. The van der Waals surface area contributed by atoms with Crippen LogP contribution in [-0.4, -0.2) is 29.9 Å². The van der Waals surface area contributed by atoms with Crippen LogP contribution in [0.3, 0.4) is 0 Å². The first kappa shape index (κ1) is 14.5. The van der Waals surface area contributed by atoms with E-state index in [2.05, 4.69) is 11.9 Å². The molecule has 0 bridgehead atoms. The Kier molecular flexibility index (Phi) is 4.69. The first-order valence-corrected chi connectivity index (χ1v) is 6.95. The van der Waals surface area contributed by atoms with Gasteiger partial charge in [0.2, 0.25) is 0 Å². The summed E-state index contributed by atoms with van der Waals surface area (Å²) < 4.78 is 5.54. The highest BCUT2D eigenvalue weighted by molar-refractivity contribution is 6.32. The maximum Gasteiger partial charge on any atom is 0.152 e. The smallest absolute Gasteiger partial charge is 0.152 e. The summed E-state index contributed by atoms with van der Waals surface area (Å²) in [6.07, 6.45) is 2.59. The van der Waals surface area contributed by atoms with Gasteiger partial charge in [0.1, 0.15) is 5.75 Å². The third-order valence-electron chi connectivity index (χ3n) is 3.22. The number of hydrogen-bond donors (Lipinski definition) is 2. The molecule has 1 atom stereocenters. The molecule has 0 saturated carbocycles. The summed E-state index contributed by atoms with van der Waals surface area (Å²) in [4.78, 5) is 4.01. The predicted octanol–water partition coefficient (Wildman–Crippen LogP) is 3.06. The van der Waals surface area contributed by atoms with Crippen molar-refractivity contribution in [3.63, 3.8) is 0 Å².